The molecule has 198 valence electrons. The number of piperazine rings is 1. The molecule has 0 unspecified atom stereocenters. The normalized spacial score (nSPS) is 20.2. The van der Waals surface area contributed by atoms with E-state index in [0.29, 0.717) is 42.5 Å². The summed E-state index contributed by atoms with van der Waals surface area (Å²) in [5.41, 5.74) is -0.0689. The summed E-state index contributed by atoms with van der Waals surface area (Å²) < 4.78 is 51.8. The number of nitrogens with one attached hydrogen (secondary N) is 1. The van der Waals surface area contributed by atoms with Crippen molar-refractivity contribution < 1.29 is 27.4 Å². The summed E-state index contributed by atoms with van der Waals surface area (Å²) in [5.74, 6) is 1.79. The van der Waals surface area contributed by atoms with Crippen LogP contribution in [0.15, 0.2) is 41.4 Å². The van der Waals surface area contributed by atoms with Crippen LogP contribution in [0.5, 0.6) is 17.2 Å². The maximum absolute atomic E-state index is 13.5. The van der Waals surface area contributed by atoms with Crippen LogP contribution in [0.3, 0.4) is 0 Å². The van der Waals surface area contributed by atoms with E-state index in [9.17, 15) is 18.0 Å². The molecule has 3 aliphatic rings. The fourth-order valence-electron chi connectivity index (χ4n) is 5.26. The van der Waals surface area contributed by atoms with Crippen LogP contribution >= 0.6 is 0 Å². The maximum atomic E-state index is 13.5. The van der Waals surface area contributed by atoms with E-state index in [0.717, 1.165) is 37.8 Å². The molecule has 0 bridgehead atoms. The van der Waals surface area contributed by atoms with Gasteiger partial charge in [0.1, 0.15) is 23.0 Å². The molecular formula is C27H31F3N4O3. The molecule has 2 fully saturated rings. The lowest BCUT2D eigenvalue weighted by Crippen LogP contribution is -2.58. The number of ether oxygens (including phenoxy) is 2. The van der Waals surface area contributed by atoms with E-state index in [1.165, 1.54) is 12.5 Å². The number of hydrogen-bond donors (Lipinski definition) is 1. The highest BCUT2D eigenvalue weighted by molar-refractivity contribution is 6.04. The van der Waals surface area contributed by atoms with Crippen molar-refractivity contribution in [2.45, 2.75) is 57.3 Å². The summed E-state index contributed by atoms with van der Waals surface area (Å²) in [7, 11) is 1.55. The van der Waals surface area contributed by atoms with Gasteiger partial charge in [-0.3, -0.25) is 0 Å². The number of carbonyl (C=O) groups is 1. The third-order valence-corrected chi connectivity index (χ3v) is 7.28. The molecule has 5 rings (SSSR count). The van der Waals surface area contributed by atoms with Gasteiger partial charge in [-0.2, -0.15) is 13.2 Å². The van der Waals surface area contributed by atoms with Gasteiger partial charge in [0, 0.05) is 31.7 Å². The number of fused-ring (bicyclic) bond motifs is 2. The smallest absolute Gasteiger partial charge is 0.416 e. The number of benzene rings is 2. The quantitative estimate of drug-likeness (QED) is 0.536. The number of halogens is 3. The number of carbonyl (C=O) groups excluding carboxylic acids is 1. The zero-order valence-corrected chi connectivity index (χ0v) is 21.0. The molecule has 0 spiro atoms. The molecule has 0 radical (unpaired) electrons. The largest absolute Gasteiger partial charge is 0.497 e. The van der Waals surface area contributed by atoms with Crippen molar-refractivity contribution >= 4 is 17.6 Å². The van der Waals surface area contributed by atoms with Crippen LogP contribution in [-0.4, -0.2) is 60.5 Å². The van der Waals surface area contributed by atoms with Crippen molar-refractivity contribution in [3.63, 3.8) is 0 Å². The molecule has 37 heavy (non-hydrogen) atoms. The molecule has 2 amide bonds. The van der Waals surface area contributed by atoms with Crippen LogP contribution in [-0.2, 0) is 6.18 Å². The van der Waals surface area contributed by atoms with E-state index < -0.39 is 11.7 Å². The summed E-state index contributed by atoms with van der Waals surface area (Å²) in [6.45, 7) is 3.39. The van der Waals surface area contributed by atoms with Crippen LogP contribution in [0, 0.1) is 0 Å². The SMILES string of the molecule is COc1ccc2c(c1)C(N1CCN(C(=O)NC3CCCCC3)[C@H](C)C1)=Nc1cc(C(F)(F)F)ccc1O2. The lowest BCUT2D eigenvalue weighted by Gasteiger charge is -2.41. The molecule has 1 saturated heterocycles. The summed E-state index contributed by atoms with van der Waals surface area (Å²) in [6, 6.07) is 8.58. The average molecular weight is 517 g/mol. The molecule has 7 nitrogen and oxygen atoms in total. The maximum Gasteiger partial charge on any atom is 0.416 e. The van der Waals surface area contributed by atoms with Crippen molar-refractivity contribution in [1.82, 2.24) is 15.1 Å². The van der Waals surface area contributed by atoms with E-state index in [4.69, 9.17) is 14.5 Å². The van der Waals surface area contributed by atoms with Gasteiger partial charge in [-0.25, -0.2) is 9.79 Å². The zero-order chi connectivity index (χ0) is 26.2. The van der Waals surface area contributed by atoms with Gasteiger partial charge in [0.05, 0.1) is 18.2 Å². The Bertz CT molecular complexity index is 1190. The minimum atomic E-state index is -4.50. The predicted molar refractivity (Wildman–Crippen MR) is 134 cm³/mol. The van der Waals surface area contributed by atoms with Gasteiger partial charge < -0.3 is 24.6 Å². The Morgan fingerprint density at radius 2 is 1.84 bits per heavy atom. The van der Waals surface area contributed by atoms with Gasteiger partial charge in [-0.15, -0.1) is 0 Å². The lowest BCUT2D eigenvalue weighted by atomic mass is 9.96. The van der Waals surface area contributed by atoms with Crippen molar-refractivity contribution in [2.24, 2.45) is 4.99 Å². The Hall–Kier alpha value is -3.43. The first-order valence-corrected chi connectivity index (χ1v) is 12.7. The number of rotatable bonds is 2. The number of amides is 2. The Morgan fingerprint density at radius 1 is 1.08 bits per heavy atom. The van der Waals surface area contributed by atoms with Crippen LogP contribution in [0.25, 0.3) is 0 Å². The summed E-state index contributed by atoms with van der Waals surface area (Å²) >= 11 is 0. The van der Waals surface area contributed by atoms with Crippen molar-refractivity contribution in [2.75, 3.05) is 26.7 Å². The zero-order valence-electron chi connectivity index (χ0n) is 21.0. The van der Waals surface area contributed by atoms with E-state index in [1.807, 2.05) is 16.7 Å². The third-order valence-electron chi connectivity index (χ3n) is 7.28. The molecule has 1 saturated carbocycles. The summed E-state index contributed by atoms with van der Waals surface area (Å²) in [6.07, 6.45) is 1.00. The predicted octanol–water partition coefficient (Wildman–Crippen LogP) is 5.95. The Morgan fingerprint density at radius 3 is 2.54 bits per heavy atom. The van der Waals surface area contributed by atoms with Crippen LogP contribution in [0.2, 0.25) is 0 Å². The Kier molecular flexibility index (Phi) is 6.92. The highest BCUT2D eigenvalue weighted by atomic mass is 19.4. The first kappa shape index (κ1) is 25.2. The minimum Gasteiger partial charge on any atom is -0.497 e. The molecule has 2 aromatic carbocycles. The van der Waals surface area contributed by atoms with Crippen LogP contribution < -0.4 is 14.8 Å². The van der Waals surface area contributed by atoms with E-state index in [1.54, 1.807) is 25.3 Å². The summed E-state index contributed by atoms with van der Waals surface area (Å²) in [4.78, 5) is 21.5. The van der Waals surface area contributed by atoms with Crippen molar-refractivity contribution in [3.8, 4) is 17.2 Å². The summed E-state index contributed by atoms with van der Waals surface area (Å²) in [5, 5.41) is 3.18. The van der Waals surface area contributed by atoms with Gasteiger partial charge in [-0.05, 0) is 56.2 Å². The topological polar surface area (TPSA) is 66.4 Å². The molecule has 2 aromatic rings. The Labute approximate surface area is 214 Å². The highest BCUT2D eigenvalue weighted by Crippen LogP contribution is 2.42. The second kappa shape index (κ2) is 10.1. The highest BCUT2D eigenvalue weighted by Gasteiger charge is 2.34. The van der Waals surface area contributed by atoms with Gasteiger partial charge >= 0.3 is 12.2 Å². The van der Waals surface area contributed by atoms with Crippen LogP contribution in [0.1, 0.15) is 50.2 Å². The second-order valence-electron chi connectivity index (χ2n) is 9.85. The minimum absolute atomic E-state index is 0.0626. The first-order chi connectivity index (χ1) is 17.7. The molecule has 2 heterocycles. The average Bonchev–Trinajstić information content (AvgIpc) is 3.04. The van der Waals surface area contributed by atoms with Gasteiger partial charge in [0.2, 0.25) is 0 Å². The van der Waals surface area contributed by atoms with Crippen LogP contribution in [0.4, 0.5) is 23.7 Å². The van der Waals surface area contributed by atoms with Crippen molar-refractivity contribution in [3.05, 3.63) is 47.5 Å². The molecule has 1 aliphatic carbocycles. The molecule has 2 aliphatic heterocycles. The van der Waals surface area contributed by atoms with E-state index >= 15 is 0 Å². The van der Waals surface area contributed by atoms with E-state index in [-0.39, 0.29) is 29.6 Å². The van der Waals surface area contributed by atoms with E-state index in [2.05, 4.69) is 5.32 Å². The van der Waals surface area contributed by atoms with Gasteiger partial charge in [-0.1, -0.05) is 19.3 Å². The molecule has 0 aromatic heterocycles. The molecule has 1 atom stereocenters. The fraction of sp³-hybridized carbons (Fsp3) is 0.481. The number of urea groups is 1. The molecular weight excluding hydrogens is 485 g/mol. The van der Waals surface area contributed by atoms with Gasteiger partial charge in [0.15, 0.2) is 5.75 Å². The lowest BCUT2D eigenvalue weighted by molar-refractivity contribution is -0.137. The first-order valence-electron chi connectivity index (χ1n) is 12.7. The number of aliphatic imine (C=N–C) groups is 1. The second-order valence-corrected chi connectivity index (χ2v) is 9.85. The molecule has 10 heteroatoms. The number of alkyl halides is 3. The standard InChI is InChI=1S/C27H31F3N4O3/c1-17-16-33(12-13-34(17)26(35)31-19-6-4-3-5-7-19)25-21-15-20(36-2)9-11-23(21)37-24-10-8-18(27(28,29)30)14-22(24)32-25/h8-11,14-15,17,19H,3-7,12-13,16H2,1-2H3,(H,31,35)/t17-/m1/s1. The number of amidine groups is 1. The molecule has 1 N–H and O–H groups in total. The third kappa shape index (κ3) is 5.33. The monoisotopic (exact) mass is 516 g/mol. The number of nitrogens with zero attached hydrogens (tertiary/aromatic N) is 3. The number of methoxy groups -OCH3 is 1. The Balaban J connectivity index is 1.44. The fourth-order valence-corrected chi connectivity index (χ4v) is 5.26. The van der Waals surface area contributed by atoms with Gasteiger partial charge in [0.25, 0.3) is 0 Å². The number of hydrogen-bond acceptors (Lipinski definition) is 5. The van der Waals surface area contributed by atoms with Crippen molar-refractivity contribution in [1.29, 1.82) is 0 Å².